The zero-order chi connectivity index (χ0) is 12.3. The third-order valence-corrected chi connectivity index (χ3v) is 3.12. The minimum Gasteiger partial charge on any atom is -0.464 e. The molecule has 17 heavy (non-hydrogen) atoms. The van der Waals surface area contributed by atoms with E-state index in [1.807, 2.05) is 4.68 Å². The molecule has 0 atom stereocenters. The number of carbonyl (C=O) groups is 1. The van der Waals surface area contributed by atoms with Gasteiger partial charge in [0.25, 0.3) is 0 Å². The summed E-state index contributed by atoms with van der Waals surface area (Å²) in [7, 11) is 2.93. The zero-order valence-electron chi connectivity index (χ0n) is 10.2. The van der Waals surface area contributed by atoms with Crippen LogP contribution in [-0.4, -0.2) is 35.2 Å². The van der Waals surface area contributed by atoms with Gasteiger partial charge in [-0.15, -0.1) is 5.10 Å². The summed E-state index contributed by atoms with van der Waals surface area (Å²) < 4.78 is 11.6. The summed E-state index contributed by atoms with van der Waals surface area (Å²) in [6, 6.07) is 0.339. The first-order valence-electron chi connectivity index (χ1n) is 5.79. The first kappa shape index (κ1) is 12.0. The van der Waals surface area contributed by atoms with E-state index in [1.165, 1.54) is 20.0 Å². The van der Waals surface area contributed by atoms with E-state index in [0.29, 0.717) is 18.3 Å². The predicted octanol–water partition coefficient (Wildman–Crippen LogP) is 1.33. The second-order valence-corrected chi connectivity index (χ2v) is 4.19. The molecule has 0 saturated heterocycles. The molecule has 1 fully saturated rings. The average Bonchev–Trinajstić information content (AvgIpc) is 2.96. The van der Waals surface area contributed by atoms with Crippen molar-refractivity contribution in [3.8, 4) is 0 Å². The monoisotopic (exact) mass is 239 g/mol. The minimum absolute atomic E-state index is 0.265. The normalized spacial score (nSPS) is 16.4. The van der Waals surface area contributed by atoms with Gasteiger partial charge in [-0.3, -0.25) is 0 Å². The summed E-state index contributed by atoms with van der Waals surface area (Å²) in [5.74, 6) is -0.457. The van der Waals surface area contributed by atoms with E-state index >= 15 is 0 Å². The fourth-order valence-electron chi connectivity index (χ4n) is 2.28. The Morgan fingerprint density at radius 2 is 2.12 bits per heavy atom. The average molecular weight is 239 g/mol. The topological polar surface area (TPSA) is 66.2 Å². The maximum atomic E-state index is 11.5. The van der Waals surface area contributed by atoms with Crippen molar-refractivity contribution in [1.82, 2.24) is 15.0 Å². The smallest absolute Gasteiger partial charge is 0.360 e. The van der Waals surface area contributed by atoms with Gasteiger partial charge in [-0.2, -0.15) is 0 Å². The Hall–Kier alpha value is -1.43. The number of esters is 1. The Balaban J connectivity index is 2.31. The molecule has 6 nitrogen and oxygen atoms in total. The quantitative estimate of drug-likeness (QED) is 0.741. The molecular weight excluding hydrogens is 222 g/mol. The van der Waals surface area contributed by atoms with Crippen molar-refractivity contribution in [2.45, 2.75) is 38.3 Å². The largest absolute Gasteiger partial charge is 0.464 e. The molecule has 6 heteroatoms. The van der Waals surface area contributed by atoms with E-state index in [9.17, 15) is 4.79 Å². The number of hydrogen-bond donors (Lipinski definition) is 0. The maximum absolute atomic E-state index is 11.5. The SMILES string of the molecule is COCc1c(C(=O)OC)nnn1C1CCCC1. The van der Waals surface area contributed by atoms with Gasteiger partial charge in [0, 0.05) is 7.11 Å². The van der Waals surface area contributed by atoms with Crippen LogP contribution >= 0.6 is 0 Å². The predicted molar refractivity (Wildman–Crippen MR) is 59.6 cm³/mol. The third-order valence-electron chi connectivity index (χ3n) is 3.12. The van der Waals surface area contributed by atoms with Crippen molar-refractivity contribution in [3.05, 3.63) is 11.4 Å². The van der Waals surface area contributed by atoms with Gasteiger partial charge in [-0.1, -0.05) is 18.1 Å². The van der Waals surface area contributed by atoms with Crippen LogP contribution in [-0.2, 0) is 16.1 Å². The molecule has 0 bridgehead atoms. The van der Waals surface area contributed by atoms with Gasteiger partial charge >= 0.3 is 5.97 Å². The van der Waals surface area contributed by atoms with Gasteiger partial charge in [0.2, 0.25) is 0 Å². The van der Waals surface area contributed by atoms with Gasteiger partial charge in [0.05, 0.1) is 25.5 Å². The highest BCUT2D eigenvalue weighted by Crippen LogP contribution is 2.30. The number of methoxy groups -OCH3 is 2. The molecule has 0 spiro atoms. The molecule has 0 N–H and O–H groups in total. The number of hydrogen-bond acceptors (Lipinski definition) is 5. The lowest BCUT2D eigenvalue weighted by Gasteiger charge is -2.12. The van der Waals surface area contributed by atoms with Crippen molar-refractivity contribution in [3.63, 3.8) is 0 Å². The molecular formula is C11H17N3O3. The summed E-state index contributed by atoms with van der Waals surface area (Å²) in [5, 5.41) is 7.98. The molecule has 0 amide bonds. The molecule has 0 radical (unpaired) electrons. The molecule has 1 aromatic rings. The van der Waals surface area contributed by atoms with Crippen LogP contribution < -0.4 is 0 Å². The molecule has 1 aromatic heterocycles. The van der Waals surface area contributed by atoms with Crippen LogP contribution in [0.1, 0.15) is 47.9 Å². The molecule has 1 aliphatic carbocycles. The van der Waals surface area contributed by atoms with Crippen LogP contribution in [0, 0.1) is 0 Å². The van der Waals surface area contributed by atoms with E-state index < -0.39 is 5.97 Å². The van der Waals surface area contributed by atoms with E-state index in [4.69, 9.17) is 4.74 Å². The number of ether oxygens (including phenoxy) is 2. The number of aromatic nitrogens is 3. The maximum Gasteiger partial charge on any atom is 0.360 e. The van der Waals surface area contributed by atoms with Gasteiger partial charge in [-0.05, 0) is 12.8 Å². The lowest BCUT2D eigenvalue weighted by atomic mass is 10.2. The zero-order valence-corrected chi connectivity index (χ0v) is 10.2. The number of nitrogens with zero attached hydrogens (tertiary/aromatic N) is 3. The van der Waals surface area contributed by atoms with Crippen LogP contribution in [0.3, 0.4) is 0 Å². The van der Waals surface area contributed by atoms with Gasteiger partial charge in [0.1, 0.15) is 0 Å². The second kappa shape index (κ2) is 5.27. The summed E-state index contributed by atoms with van der Waals surface area (Å²) >= 11 is 0. The Kier molecular flexibility index (Phi) is 3.73. The Labute approximate surface area is 99.9 Å². The van der Waals surface area contributed by atoms with Crippen LogP contribution in [0.25, 0.3) is 0 Å². The molecule has 1 aliphatic rings. The Morgan fingerprint density at radius 1 is 1.41 bits per heavy atom. The summed E-state index contributed by atoms with van der Waals surface area (Å²) in [6.07, 6.45) is 4.57. The summed E-state index contributed by atoms with van der Waals surface area (Å²) in [6.45, 7) is 0.327. The van der Waals surface area contributed by atoms with Crippen molar-refractivity contribution in [2.75, 3.05) is 14.2 Å². The van der Waals surface area contributed by atoms with Crippen molar-refractivity contribution in [2.24, 2.45) is 0 Å². The first-order valence-corrected chi connectivity index (χ1v) is 5.79. The lowest BCUT2D eigenvalue weighted by molar-refractivity contribution is 0.0588. The second-order valence-electron chi connectivity index (χ2n) is 4.19. The van der Waals surface area contributed by atoms with Crippen LogP contribution in [0.15, 0.2) is 0 Å². The summed E-state index contributed by atoms with van der Waals surface area (Å²) in [4.78, 5) is 11.5. The number of carbonyl (C=O) groups excluding carboxylic acids is 1. The highest BCUT2D eigenvalue weighted by Gasteiger charge is 2.26. The highest BCUT2D eigenvalue weighted by atomic mass is 16.5. The molecule has 2 rings (SSSR count). The van der Waals surface area contributed by atoms with E-state index in [-0.39, 0.29) is 5.69 Å². The molecule has 0 aliphatic heterocycles. The van der Waals surface area contributed by atoms with E-state index in [1.54, 1.807) is 7.11 Å². The highest BCUT2D eigenvalue weighted by molar-refractivity contribution is 5.88. The van der Waals surface area contributed by atoms with Crippen LogP contribution in [0.4, 0.5) is 0 Å². The van der Waals surface area contributed by atoms with Crippen LogP contribution in [0.5, 0.6) is 0 Å². The minimum atomic E-state index is -0.457. The first-order chi connectivity index (χ1) is 8.27. The Bertz CT molecular complexity index is 397. The molecule has 0 aromatic carbocycles. The van der Waals surface area contributed by atoms with E-state index in [0.717, 1.165) is 12.8 Å². The van der Waals surface area contributed by atoms with Crippen molar-refractivity contribution >= 4 is 5.97 Å². The van der Waals surface area contributed by atoms with Crippen molar-refractivity contribution in [1.29, 1.82) is 0 Å². The number of rotatable bonds is 4. The lowest BCUT2D eigenvalue weighted by Crippen LogP contribution is -2.13. The van der Waals surface area contributed by atoms with Gasteiger partial charge in [0.15, 0.2) is 5.69 Å². The molecule has 1 saturated carbocycles. The standard InChI is InChI=1S/C11H17N3O3/c1-16-7-9-10(11(15)17-2)12-13-14(9)8-5-3-4-6-8/h8H,3-7H2,1-2H3. The van der Waals surface area contributed by atoms with Gasteiger partial charge < -0.3 is 9.47 Å². The fraction of sp³-hybridized carbons (Fsp3) is 0.727. The molecule has 1 heterocycles. The molecule has 94 valence electrons. The summed E-state index contributed by atoms with van der Waals surface area (Å²) in [5.41, 5.74) is 0.979. The third kappa shape index (κ3) is 2.31. The molecule has 0 unspecified atom stereocenters. The van der Waals surface area contributed by atoms with E-state index in [2.05, 4.69) is 15.0 Å². The fourth-order valence-corrected chi connectivity index (χ4v) is 2.28. The van der Waals surface area contributed by atoms with Crippen molar-refractivity contribution < 1.29 is 14.3 Å². The Morgan fingerprint density at radius 3 is 2.71 bits per heavy atom. The van der Waals surface area contributed by atoms with Crippen LogP contribution in [0.2, 0.25) is 0 Å². The van der Waals surface area contributed by atoms with Gasteiger partial charge in [-0.25, -0.2) is 9.48 Å².